The van der Waals surface area contributed by atoms with Crippen molar-refractivity contribution >= 4 is 10.0 Å². The van der Waals surface area contributed by atoms with Gasteiger partial charge in [-0.25, -0.2) is 21.9 Å². The van der Waals surface area contributed by atoms with E-state index in [2.05, 4.69) is 4.72 Å². The second-order valence-corrected chi connectivity index (χ2v) is 6.75. The molecule has 1 N–H and O–H groups in total. The number of benzene rings is 2. The van der Waals surface area contributed by atoms with Crippen LogP contribution >= 0.6 is 0 Å². The van der Waals surface area contributed by atoms with Gasteiger partial charge < -0.3 is 9.47 Å². The van der Waals surface area contributed by atoms with Crippen LogP contribution in [0.25, 0.3) is 0 Å². The number of fused-ring (bicyclic) bond motifs is 1. The molecule has 122 valence electrons. The van der Waals surface area contributed by atoms with Crippen molar-refractivity contribution in [2.75, 3.05) is 6.79 Å². The lowest BCUT2D eigenvalue weighted by atomic mass is 10.1. The maximum atomic E-state index is 13.2. The van der Waals surface area contributed by atoms with Crippen LogP contribution in [-0.4, -0.2) is 15.2 Å². The highest BCUT2D eigenvalue weighted by Crippen LogP contribution is 2.34. The standard InChI is InChI=1S/C15H13F2NO4S/c1-9(10-2-5-14-15(6-10)22-8-21-14)18-23(19,20)11-3-4-12(16)13(17)7-11/h2-7,9,18H,8H2,1H3/t9-/m0/s1. The number of hydrogen-bond acceptors (Lipinski definition) is 4. The topological polar surface area (TPSA) is 64.6 Å². The highest BCUT2D eigenvalue weighted by Gasteiger charge is 2.22. The molecule has 1 aliphatic rings. The lowest BCUT2D eigenvalue weighted by molar-refractivity contribution is 0.174. The van der Waals surface area contributed by atoms with E-state index < -0.39 is 27.7 Å². The van der Waals surface area contributed by atoms with Crippen molar-refractivity contribution in [3.63, 3.8) is 0 Å². The summed E-state index contributed by atoms with van der Waals surface area (Å²) in [7, 11) is -3.99. The van der Waals surface area contributed by atoms with Gasteiger partial charge >= 0.3 is 0 Å². The Morgan fingerprint density at radius 2 is 1.78 bits per heavy atom. The maximum Gasteiger partial charge on any atom is 0.241 e. The Morgan fingerprint density at radius 3 is 2.52 bits per heavy atom. The Bertz CT molecular complexity index is 855. The number of halogens is 2. The third-order valence-electron chi connectivity index (χ3n) is 3.43. The third kappa shape index (κ3) is 3.13. The van der Waals surface area contributed by atoms with Gasteiger partial charge in [0.1, 0.15) is 0 Å². The monoisotopic (exact) mass is 341 g/mol. The molecule has 1 atom stereocenters. The van der Waals surface area contributed by atoms with Gasteiger partial charge in [0.05, 0.1) is 4.90 Å². The average molecular weight is 341 g/mol. The molecule has 0 fully saturated rings. The SMILES string of the molecule is C[C@H](NS(=O)(=O)c1ccc(F)c(F)c1)c1ccc2c(c1)OCO2. The predicted molar refractivity (Wildman–Crippen MR) is 77.7 cm³/mol. The number of ether oxygens (including phenoxy) is 2. The summed E-state index contributed by atoms with van der Waals surface area (Å²) < 4.78 is 63.5. The van der Waals surface area contributed by atoms with Crippen LogP contribution in [0.4, 0.5) is 8.78 Å². The van der Waals surface area contributed by atoms with E-state index in [1.54, 1.807) is 25.1 Å². The van der Waals surface area contributed by atoms with Gasteiger partial charge in [0, 0.05) is 6.04 Å². The van der Waals surface area contributed by atoms with Crippen LogP contribution in [0.15, 0.2) is 41.3 Å². The van der Waals surface area contributed by atoms with Crippen LogP contribution in [0.1, 0.15) is 18.5 Å². The van der Waals surface area contributed by atoms with Crippen molar-refractivity contribution in [1.29, 1.82) is 0 Å². The van der Waals surface area contributed by atoms with E-state index in [0.29, 0.717) is 23.1 Å². The minimum Gasteiger partial charge on any atom is -0.454 e. The van der Waals surface area contributed by atoms with Crippen molar-refractivity contribution in [2.24, 2.45) is 0 Å². The molecule has 23 heavy (non-hydrogen) atoms. The van der Waals surface area contributed by atoms with Crippen LogP contribution in [0, 0.1) is 11.6 Å². The normalized spacial score (nSPS) is 14.7. The van der Waals surface area contributed by atoms with Gasteiger partial charge in [0.25, 0.3) is 0 Å². The molecule has 0 bridgehead atoms. The molecule has 0 aliphatic carbocycles. The van der Waals surface area contributed by atoms with E-state index in [9.17, 15) is 17.2 Å². The summed E-state index contributed by atoms with van der Waals surface area (Å²) in [6.45, 7) is 1.75. The molecular weight excluding hydrogens is 328 g/mol. The van der Waals surface area contributed by atoms with Crippen LogP contribution in [0.3, 0.4) is 0 Å². The minimum absolute atomic E-state index is 0.119. The van der Waals surface area contributed by atoms with E-state index in [-0.39, 0.29) is 11.7 Å². The molecule has 8 heteroatoms. The van der Waals surface area contributed by atoms with Gasteiger partial charge in [-0.15, -0.1) is 0 Å². The highest BCUT2D eigenvalue weighted by atomic mass is 32.2. The van der Waals surface area contributed by atoms with Gasteiger partial charge in [0.2, 0.25) is 16.8 Å². The molecule has 5 nitrogen and oxygen atoms in total. The fourth-order valence-corrected chi connectivity index (χ4v) is 3.44. The molecule has 2 aromatic rings. The van der Waals surface area contributed by atoms with Gasteiger partial charge in [-0.3, -0.25) is 0 Å². The average Bonchev–Trinajstić information content (AvgIpc) is 2.96. The van der Waals surface area contributed by atoms with E-state index in [1.807, 2.05) is 0 Å². The lowest BCUT2D eigenvalue weighted by Crippen LogP contribution is -2.27. The molecular formula is C15H13F2NO4S. The molecule has 0 spiro atoms. The van der Waals surface area contributed by atoms with Crippen molar-refractivity contribution in [1.82, 2.24) is 4.72 Å². The minimum atomic E-state index is -3.99. The lowest BCUT2D eigenvalue weighted by Gasteiger charge is -2.15. The van der Waals surface area contributed by atoms with Crippen molar-refractivity contribution in [3.05, 3.63) is 53.6 Å². The van der Waals surface area contributed by atoms with Crippen molar-refractivity contribution in [3.8, 4) is 11.5 Å². The Balaban J connectivity index is 1.83. The summed E-state index contributed by atoms with van der Waals surface area (Å²) in [5.74, 6) is -1.21. The number of hydrogen-bond donors (Lipinski definition) is 1. The van der Waals surface area contributed by atoms with E-state index in [1.165, 1.54) is 0 Å². The zero-order valence-electron chi connectivity index (χ0n) is 12.0. The van der Waals surface area contributed by atoms with Crippen LogP contribution in [0.2, 0.25) is 0 Å². The Hall–Kier alpha value is -2.19. The van der Waals surface area contributed by atoms with Crippen LogP contribution in [-0.2, 0) is 10.0 Å². The first-order chi connectivity index (χ1) is 10.9. The highest BCUT2D eigenvalue weighted by molar-refractivity contribution is 7.89. The first-order valence-electron chi connectivity index (χ1n) is 6.74. The summed E-state index contributed by atoms with van der Waals surface area (Å²) in [5.41, 5.74) is 0.653. The molecule has 1 heterocycles. The molecule has 0 aromatic heterocycles. The second kappa shape index (κ2) is 5.78. The van der Waals surface area contributed by atoms with Crippen molar-refractivity contribution < 1.29 is 26.7 Å². The Labute approximate surface area is 131 Å². The van der Waals surface area contributed by atoms with Crippen LogP contribution in [0.5, 0.6) is 11.5 Å². The smallest absolute Gasteiger partial charge is 0.241 e. The summed E-state index contributed by atoms with van der Waals surface area (Å²) in [5, 5.41) is 0. The molecule has 0 unspecified atom stereocenters. The summed E-state index contributed by atoms with van der Waals surface area (Å²) in [4.78, 5) is -0.344. The first-order valence-corrected chi connectivity index (χ1v) is 8.22. The van der Waals surface area contributed by atoms with E-state index in [0.717, 1.165) is 12.1 Å². The first kappa shape index (κ1) is 15.7. The Kier molecular flexibility index (Phi) is 3.95. The van der Waals surface area contributed by atoms with Gasteiger partial charge in [-0.05, 0) is 42.8 Å². The zero-order valence-corrected chi connectivity index (χ0v) is 12.9. The molecule has 0 saturated carbocycles. The molecule has 0 radical (unpaired) electrons. The summed E-state index contributed by atoms with van der Waals surface area (Å²) in [6, 6.07) is 6.88. The molecule has 1 aliphatic heterocycles. The quantitative estimate of drug-likeness (QED) is 0.929. The molecule has 2 aromatic carbocycles. The van der Waals surface area contributed by atoms with Crippen LogP contribution < -0.4 is 14.2 Å². The fourth-order valence-electron chi connectivity index (χ4n) is 2.20. The van der Waals surface area contributed by atoms with Gasteiger partial charge in [-0.1, -0.05) is 6.07 Å². The largest absolute Gasteiger partial charge is 0.454 e. The second-order valence-electron chi connectivity index (χ2n) is 5.03. The van der Waals surface area contributed by atoms with E-state index >= 15 is 0 Å². The predicted octanol–water partition coefficient (Wildman–Crippen LogP) is 2.73. The molecule has 3 rings (SSSR count). The number of rotatable bonds is 4. The van der Waals surface area contributed by atoms with Gasteiger partial charge in [0.15, 0.2) is 23.1 Å². The summed E-state index contributed by atoms with van der Waals surface area (Å²) >= 11 is 0. The number of sulfonamides is 1. The number of nitrogens with one attached hydrogen (secondary N) is 1. The molecule has 0 saturated heterocycles. The van der Waals surface area contributed by atoms with Gasteiger partial charge in [-0.2, -0.15) is 0 Å². The fraction of sp³-hybridized carbons (Fsp3) is 0.200. The maximum absolute atomic E-state index is 13.2. The third-order valence-corrected chi connectivity index (χ3v) is 4.97. The Morgan fingerprint density at radius 1 is 1.04 bits per heavy atom. The van der Waals surface area contributed by atoms with E-state index in [4.69, 9.17) is 9.47 Å². The zero-order chi connectivity index (χ0) is 16.6. The summed E-state index contributed by atoms with van der Waals surface area (Å²) in [6.07, 6.45) is 0. The molecule has 0 amide bonds. The van der Waals surface area contributed by atoms with Crippen molar-refractivity contribution in [2.45, 2.75) is 17.9 Å².